The van der Waals surface area contributed by atoms with E-state index in [1.165, 1.54) is 0 Å². The molecule has 1 aliphatic rings. The van der Waals surface area contributed by atoms with Gasteiger partial charge in [-0.2, -0.15) is 0 Å². The molecule has 0 atom stereocenters. The molecule has 2 aromatic heterocycles. The van der Waals surface area contributed by atoms with Gasteiger partial charge in [0.25, 0.3) is 5.91 Å². The van der Waals surface area contributed by atoms with E-state index in [0.29, 0.717) is 29.6 Å². The van der Waals surface area contributed by atoms with Crippen molar-refractivity contribution in [2.45, 2.75) is 6.10 Å². The number of benzene rings is 1. The Labute approximate surface area is 137 Å². The lowest BCUT2D eigenvalue weighted by Gasteiger charge is -2.38. The van der Waals surface area contributed by atoms with Crippen LogP contribution in [-0.4, -0.2) is 45.0 Å². The third kappa shape index (κ3) is 2.61. The number of halogens is 1. The Bertz CT molecular complexity index is 873. The maximum Gasteiger partial charge on any atom is 0.254 e. The molecule has 1 amide bonds. The minimum Gasteiger partial charge on any atom is -0.470 e. The van der Waals surface area contributed by atoms with Crippen LogP contribution < -0.4 is 4.74 Å². The SMILES string of the molecule is O=C(c1ccc2nc[nH]c2c1)N1CC(Oc2ncccc2Cl)C1. The molecule has 0 saturated carbocycles. The van der Waals surface area contributed by atoms with Gasteiger partial charge in [0, 0.05) is 11.8 Å². The lowest BCUT2D eigenvalue weighted by atomic mass is 10.1. The van der Waals surface area contributed by atoms with Crippen LogP contribution in [0.25, 0.3) is 11.0 Å². The Morgan fingerprint density at radius 2 is 2.17 bits per heavy atom. The van der Waals surface area contributed by atoms with Crippen LogP contribution >= 0.6 is 11.6 Å². The standard InChI is InChI=1S/C16H13ClN4O2/c17-12-2-1-5-18-15(12)23-11-7-21(8-11)16(22)10-3-4-13-14(6-10)20-9-19-13/h1-6,9,11H,7-8H2,(H,19,20). The summed E-state index contributed by atoms with van der Waals surface area (Å²) >= 11 is 6.01. The van der Waals surface area contributed by atoms with Crippen molar-refractivity contribution in [3.05, 3.63) is 53.4 Å². The van der Waals surface area contributed by atoms with Crippen LogP contribution in [0.2, 0.25) is 5.02 Å². The van der Waals surface area contributed by atoms with Crippen LogP contribution in [0.4, 0.5) is 0 Å². The minimum atomic E-state index is -0.0813. The second kappa shape index (κ2) is 5.55. The Balaban J connectivity index is 1.41. The largest absolute Gasteiger partial charge is 0.470 e. The summed E-state index contributed by atoms with van der Waals surface area (Å²) in [5.41, 5.74) is 2.33. The highest BCUT2D eigenvalue weighted by molar-refractivity contribution is 6.31. The number of imidazole rings is 1. The zero-order valence-electron chi connectivity index (χ0n) is 12.1. The molecule has 1 aliphatic heterocycles. The zero-order chi connectivity index (χ0) is 15.8. The van der Waals surface area contributed by atoms with Crippen LogP contribution in [0.3, 0.4) is 0 Å². The monoisotopic (exact) mass is 328 g/mol. The average molecular weight is 329 g/mol. The number of nitrogens with zero attached hydrogens (tertiary/aromatic N) is 3. The number of carbonyl (C=O) groups excluding carboxylic acids is 1. The Kier molecular flexibility index (Phi) is 3.38. The maximum atomic E-state index is 12.5. The van der Waals surface area contributed by atoms with E-state index in [-0.39, 0.29) is 12.0 Å². The number of H-pyrrole nitrogens is 1. The van der Waals surface area contributed by atoms with E-state index >= 15 is 0 Å². The third-order valence-corrected chi connectivity index (χ3v) is 4.09. The van der Waals surface area contributed by atoms with E-state index in [9.17, 15) is 4.79 Å². The molecule has 0 bridgehead atoms. The van der Waals surface area contributed by atoms with Crippen molar-refractivity contribution in [1.82, 2.24) is 19.9 Å². The molecule has 0 aliphatic carbocycles. The number of hydrogen-bond acceptors (Lipinski definition) is 4. The molecule has 1 aromatic carbocycles. The number of carbonyl (C=O) groups is 1. The topological polar surface area (TPSA) is 71.1 Å². The van der Waals surface area contributed by atoms with Gasteiger partial charge in [-0.05, 0) is 30.3 Å². The number of aromatic amines is 1. The number of aromatic nitrogens is 3. The van der Waals surface area contributed by atoms with E-state index in [1.807, 2.05) is 12.1 Å². The predicted molar refractivity (Wildman–Crippen MR) is 85.7 cm³/mol. The van der Waals surface area contributed by atoms with Crippen molar-refractivity contribution in [3.8, 4) is 5.88 Å². The fraction of sp³-hybridized carbons (Fsp3) is 0.188. The second-order valence-corrected chi connectivity index (χ2v) is 5.78. The number of hydrogen-bond donors (Lipinski definition) is 1. The molecular weight excluding hydrogens is 316 g/mol. The van der Waals surface area contributed by atoms with E-state index in [0.717, 1.165) is 11.0 Å². The first kappa shape index (κ1) is 14.0. The van der Waals surface area contributed by atoms with Crippen LogP contribution in [0, 0.1) is 0 Å². The molecule has 0 spiro atoms. The van der Waals surface area contributed by atoms with Gasteiger partial charge in [-0.1, -0.05) is 11.6 Å². The van der Waals surface area contributed by atoms with Gasteiger partial charge in [-0.3, -0.25) is 4.79 Å². The van der Waals surface area contributed by atoms with Gasteiger partial charge in [-0.15, -0.1) is 0 Å². The molecule has 1 N–H and O–H groups in total. The fourth-order valence-corrected chi connectivity index (χ4v) is 2.71. The van der Waals surface area contributed by atoms with Crippen molar-refractivity contribution in [3.63, 3.8) is 0 Å². The summed E-state index contributed by atoms with van der Waals surface area (Å²) in [7, 11) is 0. The van der Waals surface area contributed by atoms with Crippen molar-refractivity contribution in [2.75, 3.05) is 13.1 Å². The normalized spacial score (nSPS) is 14.7. The number of nitrogens with one attached hydrogen (secondary N) is 1. The van der Waals surface area contributed by atoms with E-state index in [1.54, 1.807) is 35.6 Å². The molecule has 3 heterocycles. The van der Waals surface area contributed by atoms with Gasteiger partial charge in [0.2, 0.25) is 5.88 Å². The summed E-state index contributed by atoms with van der Waals surface area (Å²) in [5.74, 6) is 0.388. The van der Waals surface area contributed by atoms with Gasteiger partial charge >= 0.3 is 0 Å². The molecule has 0 radical (unpaired) electrons. The van der Waals surface area contributed by atoms with E-state index in [4.69, 9.17) is 16.3 Å². The molecule has 1 saturated heterocycles. The summed E-state index contributed by atoms with van der Waals surface area (Å²) in [6.07, 6.45) is 3.16. The molecule has 6 nitrogen and oxygen atoms in total. The third-order valence-electron chi connectivity index (χ3n) is 3.81. The Morgan fingerprint density at radius 3 is 3.00 bits per heavy atom. The number of pyridine rings is 1. The van der Waals surface area contributed by atoms with E-state index < -0.39 is 0 Å². The smallest absolute Gasteiger partial charge is 0.254 e. The van der Waals surface area contributed by atoms with Gasteiger partial charge in [-0.25, -0.2) is 9.97 Å². The summed E-state index contributed by atoms with van der Waals surface area (Å²) in [6, 6.07) is 8.91. The molecule has 3 aromatic rings. The maximum absolute atomic E-state index is 12.5. The van der Waals surface area contributed by atoms with Crippen LogP contribution in [-0.2, 0) is 0 Å². The predicted octanol–water partition coefficient (Wildman–Crippen LogP) is 2.51. The molecule has 116 valence electrons. The molecule has 1 fully saturated rings. The fourth-order valence-electron chi connectivity index (χ4n) is 2.55. The highest BCUT2D eigenvalue weighted by Crippen LogP contribution is 2.25. The van der Waals surface area contributed by atoms with Gasteiger partial charge in [0.05, 0.1) is 30.5 Å². The Morgan fingerprint density at radius 1 is 1.30 bits per heavy atom. The van der Waals surface area contributed by atoms with Gasteiger partial charge < -0.3 is 14.6 Å². The minimum absolute atomic E-state index is 0.0199. The van der Waals surface area contributed by atoms with Crippen LogP contribution in [0.15, 0.2) is 42.9 Å². The van der Waals surface area contributed by atoms with Gasteiger partial charge in [0.1, 0.15) is 11.1 Å². The van der Waals surface area contributed by atoms with Crippen molar-refractivity contribution in [2.24, 2.45) is 0 Å². The number of rotatable bonds is 3. The number of ether oxygens (including phenoxy) is 1. The van der Waals surface area contributed by atoms with Crippen molar-refractivity contribution in [1.29, 1.82) is 0 Å². The second-order valence-electron chi connectivity index (χ2n) is 5.37. The number of likely N-dealkylation sites (tertiary alicyclic amines) is 1. The number of amides is 1. The quantitative estimate of drug-likeness (QED) is 0.802. The molecule has 7 heteroatoms. The average Bonchev–Trinajstić information content (AvgIpc) is 2.99. The van der Waals surface area contributed by atoms with Crippen LogP contribution in [0.1, 0.15) is 10.4 Å². The lowest BCUT2D eigenvalue weighted by Crippen LogP contribution is -2.56. The van der Waals surface area contributed by atoms with E-state index in [2.05, 4.69) is 15.0 Å². The summed E-state index contributed by atoms with van der Waals surface area (Å²) in [5, 5.41) is 0.474. The van der Waals surface area contributed by atoms with Crippen molar-refractivity contribution >= 4 is 28.5 Å². The summed E-state index contributed by atoms with van der Waals surface area (Å²) in [4.78, 5) is 25.4. The first-order valence-electron chi connectivity index (χ1n) is 7.20. The van der Waals surface area contributed by atoms with Crippen LogP contribution in [0.5, 0.6) is 5.88 Å². The first-order chi connectivity index (χ1) is 11.2. The molecule has 4 rings (SSSR count). The summed E-state index contributed by atoms with van der Waals surface area (Å²) < 4.78 is 5.70. The highest BCUT2D eigenvalue weighted by atomic mass is 35.5. The number of fused-ring (bicyclic) bond motifs is 1. The summed E-state index contributed by atoms with van der Waals surface area (Å²) in [6.45, 7) is 1.04. The first-order valence-corrected chi connectivity index (χ1v) is 7.58. The molecule has 23 heavy (non-hydrogen) atoms. The van der Waals surface area contributed by atoms with Crippen molar-refractivity contribution < 1.29 is 9.53 Å². The highest BCUT2D eigenvalue weighted by Gasteiger charge is 2.33. The zero-order valence-corrected chi connectivity index (χ0v) is 12.8. The lowest BCUT2D eigenvalue weighted by molar-refractivity contribution is 0.0161. The molecular formula is C16H13ClN4O2. The Hall–Kier alpha value is -2.60. The van der Waals surface area contributed by atoms with Gasteiger partial charge in [0.15, 0.2) is 0 Å². The molecule has 0 unspecified atom stereocenters.